The van der Waals surface area contributed by atoms with Crippen LogP contribution < -0.4 is 4.74 Å². The highest BCUT2D eigenvalue weighted by molar-refractivity contribution is 5.84. The van der Waals surface area contributed by atoms with Crippen molar-refractivity contribution in [3.63, 3.8) is 0 Å². The van der Waals surface area contributed by atoms with E-state index in [-0.39, 0.29) is 17.7 Å². The van der Waals surface area contributed by atoms with Gasteiger partial charge in [0, 0.05) is 0 Å². The molecule has 0 aliphatic heterocycles. The van der Waals surface area contributed by atoms with Crippen LogP contribution in [0.2, 0.25) is 0 Å². The first-order valence-corrected chi connectivity index (χ1v) is 8.33. The highest BCUT2D eigenvalue weighted by atomic mass is 19.4. The molecule has 2 nitrogen and oxygen atoms in total. The van der Waals surface area contributed by atoms with Gasteiger partial charge in [-0.3, -0.25) is 4.79 Å². The number of hydrogen-bond acceptors (Lipinski definition) is 2. The summed E-state index contributed by atoms with van der Waals surface area (Å²) in [4.78, 5) is 11.6. The van der Waals surface area contributed by atoms with E-state index in [2.05, 4.69) is 0 Å². The summed E-state index contributed by atoms with van der Waals surface area (Å²) >= 11 is 0. The minimum absolute atomic E-state index is 0.0332. The molecule has 0 unspecified atom stereocenters. The maximum atomic E-state index is 13.3. The zero-order valence-electron chi connectivity index (χ0n) is 14.6. The molecule has 0 aliphatic carbocycles. The molecule has 0 aliphatic rings. The van der Waals surface area contributed by atoms with Crippen molar-refractivity contribution in [1.82, 2.24) is 0 Å². The summed E-state index contributed by atoms with van der Waals surface area (Å²) < 4.78 is 45.7. The van der Waals surface area contributed by atoms with Gasteiger partial charge in [-0.05, 0) is 47.4 Å². The lowest BCUT2D eigenvalue weighted by Crippen LogP contribution is -2.07. The third-order valence-electron chi connectivity index (χ3n) is 4.20. The van der Waals surface area contributed by atoms with Crippen LogP contribution in [0.4, 0.5) is 13.2 Å². The van der Waals surface area contributed by atoms with Crippen LogP contribution in [0.15, 0.2) is 66.7 Å². The van der Waals surface area contributed by atoms with Gasteiger partial charge >= 0.3 is 6.18 Å². The number of rotatable bonds is 5. The number of carbonyl (C=O) groups is 1. The van der Waals surface area contributed by atoms with Crippen molar-refractivity contribution < 1.29 is 22.7 Å². The Morgan fingerprint density at radius 1 is 0.963 bits per heavy atom. The minimum atomic E-state index is -4.48. The van der Waals surface area contributed by atoms with E-state index < -0.39 is 11.7 Å². The number of hydrogen-bond donors (Lipinski definition) is 0. The van der Waals surface area contributed by atoms with Crippen LogP contribution in [-0.4, -0.2) is 6.29 Å². The van der Waals surface area contributed by atoms with Crippen molar-refractivity contribution in [3.8, 4) is 16.9 Å². The zero-order chi connectivity index (χ0) is 19.4. The molecule has 3 aromatic carbocycles. The topological polar surface area (TPSA) is 26.3 Å². The Kier molecular flexibility index (Phi) is 5.31. The molecule has 5 heteroatoms. The second-order valence-corrected chi connectivity index (χ2v) is 6.15. The third kappa shape index (κ3) is 4.19. The number of carbonyl (C=O) groups excluding carboxylic acids is 1. The van der Waals surface area contributed by atoms with Gasteiger partial charge < -0.3 is 4.74 Å². The van der Waals surface area contributed by atoms with Gasteiger partial charge in [-0.1, -0.05) is 48.5 Å². The number of ether oxygens (including phenoxy) is 1. The zero-order valence-corrected chi connectivity index (χ0v) is 14.6. The number of benzene rings is 3. The lowest BCUT2D eigenvalue weighted by Gasteiger charge is -2.16. The van der Waals surface area contributed by atoms with Crippen LogP contribution in [0, 0.1) is 6.92 Å². The lowest BCUT2D eigenvalue weighted by atomic mass is 9.95. The quantitative estimate of drug-likeness (QED) is 0.509. The van der Waals surface area contributed by atoms with Crippen LogP contribution in [0.3, 0.4) is 0 Å². The molecular formula is C22H17F3O2. The average Bonchev–Trinajstić information content (AvgIpc) is 2.66. The Hall–Kier alpha value is -3.08. The van der Waals surface area contributed by atoms with Gasteiger partial charge in [0.05, 0.1) is 11.1 Å². The molecule has 138 valence electrons. The predicted molar refractivity (Wildman–Crippen MR) is 97.8 cm³/mol. The molecule has 0 atom stereocenters. The van der Waals surface area contributed by atoms with Crippen LogP contribution in [0.1, 0.15) is 27.0 Å². The summed E-state index contributed by atoms with van der Waals surface area (Å²) in [5.41, 5.74) is 1.38. The van der Waals surface area contributed by atoms with Crippen molar-refractivity contribution in [2.45, 2.75) is 19.7 Å². The van der Waals surface area contributed by atoms with E-state index in [1.54, 1.807) is 19.1 Å². The summed E-state index contributed by atoms with van der Waals surface area (Å²) in [7, 11) is 0. The minimum Gasteiger partial charge on any atom is -0.488 e. The predicted octanol–water partition coefficient (Wildman–Crippen LogP) is 6.07. The Morgan fingerprint density at radius 3 is 2.30 bits per heavy atom. The fourth-order valence-electron chi connectivity index (χ4n) is 2.95. The Bertz CT molecular complexity index is 948. The fraction of sp³-hybridized carbons (Fsp3) is 0.136. The summed E-state index contributed by atoms with van der Waals surface area (Å²) in [6, 6.07) is 17.8. The smallest absolute Gasteiger partial charge is 0.417 e. The highest BCUT2D eigenvalue weighted by Crippen LogP contribution is 2.39. The van der Waals surface area contributed by atoms with Gasteiger partial charge in [0.2, 0.25) is 0 Å². The van der Waals surface area contributed by atoms with Crippen molar-refractivity contribution in [3.05, 3.63) is 89.0 Å². The number of aryl methyl sites for hydroxylation is 1. The van der Waals surface area contributed by atoms with Crippen molar-refractivity contribution >= 4 is 6.29 Å². The average molecular weight is 370 g/mol. The second-order valence-electron chi connectivity index (χ2n) is 6.15. The molecule has 3 rings (SSSR count). The van der Waals surface area contributed by atoms with Crippen molar-refractivity contribution in [1.29, 1.82) is 0 Å². The molecule has 27 heavy (non-hydrogen) atoms. The van der Waals surface area contributed by atoms with Crippen LogP contribution >= 0.6 is 0 Å². The first-order valence-electron chi connectivity index (χ1n) is 8.33. The van der Waals surface area contributed by atoms with E-state index in [4.69, 9.17) is 4.74 Å². The number of alkyl halides is 3. The molecule has 0 saturated carbocycles. The maximum absolute atomic E-state index is 13.3. The normalized spacial score (nSPS) is 11.3. The van der Waals surface area contributed by atoms with Gasteiger partial charge in [0.15, 0.2) is 6.29 Å². The molecule has 0 bridgehead atoms. The largest absolute Gasteiger partial charge is 0.488 e. The molecule has 3 aromatic rings. The van der Waals surface area contributed by atoms with E-state index in [0.717, 1.165) is 11.6 Å². The van der Waals surface area contributed by atoms with Gasteiger partial charge in [-0.2, -0.15) is 13.2 Å². The second kappa shape index (κ2) is 7.66. The van der Waals surface area contributed by atoms with E-state index in [1.807, 2.05) is 30.3 Å². The molecule has 0 heterocycles. The maximum Gasteiger partial charge on any atom is 0.417 e. The van der Waals surface area contributed by atoms with Gasteiger partial charge in [-0.15, -0.1) is 0 Å². The monoisotopic (exact) mass is 370 g/mol. The molecule has 0 aromatic heterocycles. The van der Waals surface area contributed by atoms with E-state index in [1.165, 1.54) is 18.2 Å². The first kappa shape index (κ1) is 18.7. The SMILES string of the molecule is Cc1cc(-c2ccccc2C(F)(F)F)cc(C=O)c1OCc1ccccc1. The van der Waals surface area contributed by atoms with Crippen LogP contribution in [0.5, 0.6) is 5.75 Å². The third-order valence-corrected chi connectivity index (χ3v) is 4.20. The van der Waals surface area contributed by atoms with Crippen LogP contribution in [0.25, 0.3) is 11.1 Å². The lowest BCUT2D eigenvalue weighted by molar-refractivity contribution is -0.137. The van der Waals surface area contributed by atoms with Gasteiger partial charge in [0.1, 0.15) is 12.4 Å². The molecule has 0 fully saturated rings. The molecule has 0 saturated heterocycles. The molecule has 0 radical (unpaired) electrons. The number of aldehydes is 1. The van der Waals surface area contributed by atoms with Crippen molar-refractivity contribution in [2.24, 2.45) is 0 Å². The van der Waals surface area contributed by atoms with E-state index >= 15 is 0 Å². The van der Waals surface area contributed by atoms with Gasteiger partial charge in [-0.25, -0.2) is 0 Å². The Morgan fingerprint density at radius 2 is 1.63 bits per heavy atom. The van der Waals surface area contributed by atoms with Crippen LogP contribution in [-0.2, 0) is 12.8 Å². The summed E-state index contributed by atoms with van der Waals surface area (Å²) in [6.45, 7) is 1.98. The number of halogens is 3. The summed E-state index contributed by atoms with van der Waals surface area (Å²) in [5.74, 6) is 0.377. The van der Waals surface area contributed by atoms with E-state index in [9.17, 15) is 18.0 Å². The van der Waals surface area contributed by atoms with Crippen molar-refractivity contribution in [2.75, 3.05) is 0 Å². The van der Waals surface area contributed by atoms with Gasteiger partial charge in [0.25, 0.3) is 0 Å². The fourth-order valence-corrected chi connectivity index (χ4v) is 2.95. The Balaban J connectivity index is 1.99. The van der Waals surface area contributed by atoms with E-state index in [0.29, 0.717) is 23.2 Å². The Labute approximate surface area is 155 Å². The summed E-state index contributed by atoms with van der Waals surface area (Å²) in [6.07, 6.45) is -3.87. The summed E-state index contributed by atoms with van der Waals surface area (Å²) in [5, 5.41) is 0. The molecule has 0 spiro atoms. The molecule has 0 amide bonds. The molecular weight excluding hydrogens is 353 g/mol. The highest BCUT2D eigenvalue weighted by Gasteiger charge is 2.33. The standard InChI is InChI=1S/C22H17F3O2/c1-15-11-17(19-9-5-6-10-20(19)22(23,24)25)12-18(13-26)21(15)27-14-16-7-3-2-4-8-16/h2-13H,14H2,1H3. The first-order chi connectivity index (χ1) is 12.9. The molecule has 0 N–H and O–H groups in total.